The van der Waals surface area contributed by atoms with Gasteiger partial charge in [0.15, 0.2) is 11.6 Å². The van der Waals surface area contributed by atoms with Gasteiger partial charge in [0.25, 0.3) is 15.7 Å². The average Bonchev–Trinajstić information content (AvgIpc) is 3.14. The van der Waals surface area contributed by atoms with Crippen molar-refractivity contribution in [3.63, 3.8) is 0 Å². The van der Waals surface area contributed by atoms with E-state index in [1.165, 1.54) is 23.0 Å². The summed E-state index contributed by atoms with van der Waals surface area (Å²) in [5, 5.41) is 15.3. The third kappa shape index (κ3) is 4.96. The van der Waals surface area contributed by atoms with Crippen LogP contribution in [0.25, 0.3) is 5.82 Å². The molecule has 0 unspecified atom stereocenters. The molecule has 0 spiro atoms. The van der Waals surface area contributed by atoms with Crippen molar-refractivity contribution in [3.05, 3.63) is 64.3 Å². The van der Waals surface area contributed by atoms with Gasteiger partial charge in [0, 0.05) is 16.8 Å². The monoisotopic (exact) mass is 498 g/mol. The molecule has 14 heteroatoms. The number of nitriles is 1. The van der Waals surface area contributed by atoms with Crippen molar-refractivity contribution in [1.82, 2.24) is 25.1 Å². The van der Waals surface area contributed by atoms with Gasteiger partial charge in [-0.15, -0.1) is 5.10 Å². The number of benzene rings is 1. The minimum Gasteiger partial charge on any atom is -0.342 e. The Bertz CT molecular complexity index is 1360. The van der Waals surface area contributed by atoms with E-state index in [1.807, 2.05) is 6.07 Å². The Kier molecular flexibility index (Phi) is 6.44. The van der Waals surface area contributed by atoms with E-state index < -0.39 is 37.8 Å². The molecule has 1 atom stereocenters. The first-order valence-corrected chi connectivity index (χ1v) is 10.9. The van der Waals surface area contributed by atoms with Gasteiger partial charge in [0.2, 0.25) is 0 Å². The smallest absolute Gasteiger partial charge is 0.342 e. The molecule has 1 amide bonds. The highest BCUT2D eigenvalue weighted by atomic mass is 35.5. The zero-order valence-corrected chi connectivity index (χ0v) is 18.5. The van der Waals surface area contributed by atoms with Crippen LogP contribution in [0, 0.1) is 18.3 Å². The second kappa shape index (κ2) is 8.80. The number of aromatic nitrogens is 4. The van der Waals surface area contributed by atoms with E-state index in [-0.39, 0.29) is 10.8 Å². The first-order valence-electron chi connectivity index (χ1n) is 9.06. The Balaban J connectivity index is 1.91. The van der Waals surface area contributed by atoms with Gasteiger partial charge >= 0.3 is 5.51 Å². The van der Waals surface area contributed by atoms with Crippen LogP contribution in [0.2, 0.25) is 5.02 Å². The SMILES string of the molecule is Cc1nc([C@H](C)NC(=O)c2cc(Cl)cc(S(=O)(=O)C(F)(F)F)c2)n(-c2ccc(C#N)cn2)n1. The summed E-state index contributed by atoms with van der Waals surface area (Å²) in [5.41, 5.74) is -5.62. The molecule has 2 heterocycles. The number of nitrogens with zero attached hydrogens (tertiary/aromatic N) is 5. The predicted octanol–water partition coefficient (Wildman–Crippen LogP) is 3.28. The first kappa shape index (κ1) is 24.1. The summed E-state index contributed by atoms with van der Waals surface area (Å²) in [5.74, 6) is 0.0115. The topological polar surface area (TPSA) is 131 Å². The number of sulfone groups is 1. The lowest BCUT2D eigenvalue weighted by Gasteiger charge is -2.15. The summed E-state index contributed by atoms with van der Waals surface area (Å²) in [6.45, 7) is 3.14. The van der Waals surface area contributed by atoms with Crippen molar-refractivity contribution in [3.8, 4) is 11.9 Å². The number of alkyl halides is 3. The summed E-state index contributed by atoms with van der Waals surface area (Å²) in [7, 11) is -5.70. The molecule has 9 nitrogen and oxygen atoms in total. The van der Waals surface area contributed by atoms with Gasteiger partial charge in [0.1, 0.15) is 11.9 Å². The highest BCUT2D eigenvalue weighted by Gasteiger charge is 2.47. The van der Waals surface area contributed by atoms with Crippen LogP contribution in [0.4, 0.5) is 13.2 Å². The van der Waals surface area contributed by atoms with Crippen molar-refractivity contribution in [2.75, 3.05) is 0 Å². The van der Waals surface area contributed by atoms with E-state index in [0.29, 0.717) is 29.3 Å². The highest BCUT2D eigenvalue weighted by molar-refractivity contribution is 7.92. The van der Waals surface area contributed by atoms with Crippen LogP contribution in [0.5, 0.6) is 0 Å². The van der Waals surface area contributed by atoms with Crippen LogP contribution >= 0.6 is 11.6 Å². The molecule has 0 aliphatic rings. The van der Waals surface area contributed by atoms with Crippen LogP contribution in [-0.2, 0) is 9.84 Å². The van der Waals surface area contributed by atoms with Gasteiger partial charge in [-0.3, -0.25) is 4.79 Å². The standard InChI is InChI=1S/C19H14ClF3N6O3S/c1-10(17-27-11(2)28-29(17)16-4-3-12(8-24)9-25-16)26-18(30)13-5-14(20)7-15(6-13)33(31,32)19(21,22)23/h3-7,9-10H,1-2H3,(H,26,30)/t10-/m0/s1. The maximum atomic E-state index is 12.9. The van der Waals surface area contributed by atoms with Crippen LogP contribution < -0.4 is 5.32 Å². The summed E-state index contributed by atoms with van der Waals surface area (Å²) >= 11 is 5.77. The number of amides is 1. The lowest BCUT2D eigenvalue weighted by atomic mass is 10.2. The molecule has 0 aliphatic heterocycles. The minimum atomic E-state index is -5.70. The molecule has 0 radical (unpaired) electrons. The number of hydrogen-bond donors (Lipinski definition) is 1. The van der Waals surface area contributed by atoms with Crippen LogP contribution in [0.3, 0.4) is 0 Å². The number of rotatable bonds is 5. The van der Waals surface area contributed by atoms with Crippen LogP contribution in [0.15, 0.2) is 41.4 Å². The van der Waals surface area contributed by atoms with Crippen LogP contribution in [-0.4, -0.2) is 39.6 Å². The second-order valence-corrected chi connectivity index (χ2v) is 9.14. The summed E-state index contributed by atoms with van der Waals surface area (Å²) in [6.07, 6.45) is 1.33. The Labute approximate surface area is 190 Å². The molecule has 0 fully saturated rings. The van der Waals surface area contributed by atoms with Gasteiger partial charge in [-0.25, -0.2) is 18.4 Å². The van der Waals surface area contributed by atoms with E-state index in [4.69, 9.17) is 16.9 Å². The Morgan fingerprint density at radius 1 is 1.27 bits per heavy atom. The second-order valence-electron chi connectivity index (χ2n) is 6.77. The lowest BCUT2D eigenvalue weighted by Crippen LogP contribution is -2.29. The molecule has 0 aliphatic carbocycles. The molecule has 3 rings (SSSR count). The number of halogens is 4. The minimum absolute atomic E-state index is 0.239. The van der Waals surface area contributed by atoms with Gasteiger partial charge < -0.3 is 5.32 Å². The molecule has 0 saturated carbocycles. The number of aryl methyl sites for hydroxylation is 1. The Morgan fingerprint density at radius 3 is 2.55 bits per heavy atom. The number of nitrogens with one attached hydrogen (secondary N) is 1. The van der Waals surface area contributed by atoms with E-state index in [9.17, 15) is 26.4 Å². The quantitative estimate of drug-likeness (QED) is 0.571. The van der Waals surface area contributed by atoms with E-state index in [0.717, 1.165) is 6.07 Å². The van der Waals surface area contributed by atoms with Crippen molar-refractivity contribution in [1.29, 1.82) is 5.26 Å². The molecule has 172 valence electrons. The maximum Gasteiger partial charge on any atom is 0.501 e. The largest absolute Gasteiger partial charge is 0.501 e. The third-order valence-electron chi connectivity index (χ3n) is 4.32. The fourth-order valence-electron chi connectivity index (χ4n) is 2.78. The molecule has 1 N–H and O–H groups in total. The Hall–Kier alpha value is -3.50. The van der Waals surface area contributed by atoms with Gasteiger partial charge in [-0.05, 0) is 44.2 Å². The number of carbonyl (C=O) groups is 1. The van der Waals surface area contributed by atoms with E-state index in [2.05, 4.69) is 20.4 Å². The molecule has 3 aromatic rings. The van der Waals surface area contributed by atoms with Crippen molar-refractivity contribution in [2.24, 2.45) is 0 Å². The Morgan fingerprint density at radius 2 is 1.97 bits per heavy atom. The average molecular weight is 499 g/mol. The summed E-state index contributed by atoms with van der Waals surface area (Å²) in [6, 6.07) is 6.39. The third-order valence-corrected chi connectivity index (χ3v) is 6.00. The lowest BCUT2D eigenvalue weighted by molar-refractivity contribution is -0.0436. The van der Waals surface area contributed by atoms with Crippen molar-refractivity contribution < 1.29 is 26.4 Å². The van der Waals surface area contributed by atoms with E-state index >= 15 is 0 Å². The van der Waals surface area contributed by atoms with E-state index in [1.54, 1.807) is 13.8 Å². The molecule has 2 aromatic heterocycles. The normalized spacial score (nSPS) is 12.8. The number of pyridine rings is 1. The predicted molar refractivity (Wildman–Crippen MR) is 109 cm³/mol. The molecule has 1 aromatic carbocycles. The van der Waals surface area contributed by atoms with Crippen LogP contribution in [0.1, 0.15) is 40.5 Å². The molecule has 0 saturated heterocycles. The highest BCUT2D eigenvalue weighted by Crippen LogP contribution is 2.32. The number of carbonyl (C=O) groups excluding carboxylic acids is 1. The zero-order chi connectivity index (χ0) is 24.6. The van der Waals surface area contributed by atoms with Crippen molar-refractivity contribution in [2.45, 2.75) is 30.3 Å². The van der Waals surface area contributed by atoms with Gasteiger partial charge in [0.05, 0.1) is 16.5 Å². The maximum absolute atomic E-state index is 12.9. The first-order chi connectivity index (χ1) is 15.3. The summed E-state index contributed by atoms with van der Waals surface area (Å²) in [4.78, 5) is 19.9. The molecule has 0 bridgehead atoms. The number of hydrogen-bond acceptors (Lipinski definition) is 7. The molecule has 33 heavy (non-hydrogen) atoms. The van der Waals surface area contributed by atoms with Crippen molar-refractivity contribution >= 4 is 27.3 Å². The summed E-state index contributed by atoms with van der Waals surface area (Å²) < 4.78 is 63.4. The van der Waals surface area contributed by atoms with Gasteiger partial charge in [-0.1, -0.05) is 11.6 Å². The molecular weight excluding hydrogens is 485 g/mol. The zero-order valence-electron chi connectivity index (χ0n) is 16.9. The fraction of sp³-hybridized carbons (Fsp3) is 0.211. The molecular formula is C19H14ClF3N6O3S. The fourth-order valence-corrected chi connectivity index (χ4v) is 3.92. The van der Waals surface area contributed by atoms with Gasteiger partial charge in [-0.2, -0.15) is 23.1 Å².